The number of nitrogens with zero attached hydrogens (tertiary/aromatic N) is 4. The standard InChI is InChI=1S/C17H12N3O4S.C13H8N.Pd/c21-20(22)16-10-3-4-11-17(16)25(23,24)19-15-9-2-1-7-13(15)14-8-5-6-12-18-14;1-2-6-12-10(4-1)7-8-11-5-3-9-14-13(11)12;/h1-12H;1-5,7-9H;/q2*-1;+2. The Labute approximate surface area is 244 Å². The maximum absolute atomic E-state index is 12.6. The van der Waals surface area contributed by atoms with E-state index < -0.39 is 25.5 Å². The Hall–Kier alpha value is -4.49. The molecule has 0 aliphatic heterocycles. The van der Waals surface area contributed by atoms with Gasteiger partial charge in [-0.05, 0) is 40.7 Å². The first-order chi connectivity index (χ1) is 18.9. The molecule has 0 aliphatic carbocycles. The summed E-state index contributed by atoms with van der Waals surface area (Å²) in [4.78, 5) is 18.5. The summed E-state index contributed by atoms with van der Waals surface area (Å²) >= 11 is 0. The van der Waals surface area contributed by atoms with Gasteiger partial charge >= 0.3 is 20.4 Å². The molecular formula is C30H20N4O4PdS. The molecule has 0 radical (unpaired) electrons. The number of hydrogen-bond donors (Lipinski definition) is 0. The van der Waals surface area contributed by atoms with E-state index in [2.05, 4.69) is 45.0 Å². The van der Waals surface area contributed by atoms with Crippen molar-refractivity contribution in [1.29, 1.82) is 0 Å². The van der Waals surface area contributed by atoms with Gasteiger partial charge in [0.25, 0.3) is 5.69 Å². The van der Waals surface area contributed by atoms with Crippen molar-refractivity contribution in [2.75, 3.05) is 0 Å². The summed E-state index contributed by atoms with van der Waals surface area (Å²) < 4.78 is 29.0. The second-order valence-corrected chi connectivity index (χ2v) is 9.87. The molecule has 0 aliphatic rings. The molecule has 0 bridgehead atoms. The molecule has 10 heteroatoms. The van der Waals surface area contributed by atoms with Crippen LogP contribution in [0.25, 0.3) is 37.7 Å². The Bertz CT molecular complexity index is 1850. The number of nitro groups is 1. The molecule has 6 rings (SSSR count). The average Bonchev–Trinajstić information content (AvgIpc) is 2.98. The first kappa shape index (κ1) is 28.5. The Morgan fingerprint density at radius 3 is 2.25 bits per heavy atom. The van der Waals surface area contributed by atoms with Gasteiger partial charge in [-0.2, -0.15) is 0 Å². The summed E-state index contributed by atoms with van der Waals surface area (Å²) in [5.74, 6) is 0. The van der Waals surface area contributed by atoms with E-state index in [0.717, 1.165) is 17.0 Å². The Balaban J connectivity index is 0.000000208. The molecule has 2 heterocycles. The molecule has 200 valence electrons. The number of aromatic nitrogens is 2. The second kappa shape index (κ2) is 12.6. The van der Waals surface area contributed by atoms with Gasteiger partial charge in [-0.3, -0.25) is 15.1 Å². The number of sulfonamides is 1. The third-order valence-corrected chi connectivity index (χ3v) is 7.15. The number of rotatable bonds is 5. The Morgan fingerprint density at radius 1 is 0.750 bits per heavy atom. The molecule has 4 aromatic carbocycles. The van der Waals surface area contributed by atoms with Gasteiger partial charge in [0.15, 0.2) is 0 Å². The number of pyridine rings is 2. The first-order valence-electron chi connectivity index (χ1n) is 11.8. The van der Waals surface area contributed by atoms with Crippen molar-refractivity contribution in [1.82, 2.24) is 9.97 Å². The van der Waals surface area contributed by atoms with E-state index in [0.29, 0.717) is 11.3 Å². The number of hydrogen-bond acceptors (Lipinski definition) is 6. The number of para-hydroxylation sites is 1. The Kier molecular flexibility index (Phi) is 8.97. The molecule has 2 aromatic heterocycles. The van der Waals surface area contributed by atoms with Gasteiger partial charge in [-0.25, -0.2) is 8.42 Å². The van der Waals surface area contributed by atoms with Crippen LogP contribution < -0.4 is 0 Å². The maximum Gasteiger partial charge on any atom is 2.00 e. The molecule has 8 nitrogen and oxygen atoms in total. The summed E-state index contributed by atoms with van der Waals surface area (Å²) in [5.41, 5.74) is 1.76. The molecule has 0 N–H and O–H groups in total. The third-order valence-electron chi connectivity index (χ3n) is 5.81. The van der Waals surface area contributed by atoms with Crippen molar-refractivity contribution in [3.63, 3.8) is 0 Å². The van der Waals surface area contributed by atoms with E-state index in [1.165, 1.54) is 35.0 Å². The van der Waals surface area contributed by atoms with Gasteiger partial charge in [0.05, 0.1) is 10.6 Å². The number of nitro benzene ring substituents is 1. The van der Waals surface area contributed by atoms with E-state index in [1.807, 2.05) is 24.4 Å². The van der Waals surface area contributed by atoms with E-state index in [-0.39, 0.29) is 26.1 Å². The van der Waals surface area contributed by atoms with Crippen molar-refractivity contribution in [3.05, 3.63) is 142 Å². The van der Waals surface area contributed by atoms with Gasteiger partial charge in [-0.15, -0.1) is 40.7 Å². The van der Waals surface area contributed by atoms with Crippen LogP contribution in [0.4, 0.5) is 11.4 Å². The van der Waals surface area contributed by atoms with E-state index in [4.69, 9.17) is 0 Å². The number of fused-ring (bicyclic) bond motifs is 3. The van der Waals surface area contributed by atoms with Crippen LogP contribution in [0, 0.1) is 16.2 Å². The summed E-state index contributed by atoms with van der Waals surface area (Å²) in [5, 5.41) is 14.6. The zero-order valence-electron chi connectivity index (χ0n) is 20.7. The number of benzene rings is 4. The monoisotopic (exact) mass is 638 g/mol. The van der Waals surface area contributed by atoms with Crippen molar-refractivity contribution in [2.24, 2.45) is 0 Å². The predicted octanol–water partition coefficient (Wildman–Crippen LogP) is 7.24. The molecule has 6 aromatic rings. The van der Waals surface area contributed by atoms with Gasteiger partial charge in [0.2, 0.25) is 0 Å². The fourth-order valence-corrected chi connectivity index (χ4v) is 5.21. The third kappa shape index (κ3) is 6.21. The van der Waals surface area contributed by atoms with Gasteiger partial charge in [0.1, 0.15) is 14.9 Å². The normalized spacial score (nSPS) is 10.7. The van der Waals surface area contributed by atoms with Crippen molar-refractivity contribution < 1.29 is 33.8 Å². The average molecular weight is 639 g/mol. The summed E-state index contributed by atoms with van der Waals surface area (Å²) in [6, 6.07) is 34.4. The fourth-order valence-electron chi connectivity index (χ4n) is 4.03. The predicted molar refractivity (Wildman–Crippen MR) is 151 cm³/mol. The second-order valence-electron chi connectivity index (χ2n) is 8.30. The summed E-state index contributed by atoms with van der Waals surface area (Å²) in [6.45, 7) is 0. The summed E-state index contributed by atoms with van der Waals surface area (Å²) in [6.07, 6.45) is 3.41. The van der Waals surface area contributed by atoms with Crippen molar-refractivity contribution in [3.8, 4) is 11.3 Å². The Morgan fingerprint density at radius 2 is 1.45 bits per heavy atom. The molecule has 40 heavy (non-hydrogen) atoms. The van der Waals surface area contributed by atoms with Crippen LogP contribution in [-0.4, -0.2) is 23.3 Å². The minimum absolute atomic E-state index is 0. The minimum Gasteiger partial charge on any atom is -0.572 e. The molecular weight excluding hydrogens is 619 g/mol. The molecule has 0 spiro atoms. The quantitative estimate of drug-likeness (QED) is 0.0646. The van der Waals surface area contributed by atoms with E-state index in [1.54, 1.807) is 42.6 Å². The molecule has 0 unspecified atom stereocenters. The van der Waals surface area contributed by atoms with Gasteiger partial charge in [0, 0.05) is 18.5 Å². The van der Waals surface area contributed by atoms with E-state index in [9.17, 15) is 18.5 Å². The smallest absolute Gasteiger partial charge is 0.572 e. The zero-order chi connectivity index (χ0) is 27.2. The van der Waals surface area contributed by atoms with Crippen molar-refractivity contribution >= 4 is 43.1 Å². The largest absolute Gasteiger partial charge is 2.00 e. The molecule has 0 amide bonds. The maximum atomic E-state index is 12.6. The van der Waals surface area contributed by atoms with Crippen LogP contribution in [0.5, 0.6) is 0 Å². The minimum atomic E-state index is -4.26. The van der Waals surface area contributed by atoms with Crippen LogP contribution in [0.15, 0.2) is 126 Å². The molecule has 0 saturated carbocycles. The SMILES string of the molecule is O=[N+]([O-])c1ccccc1S(=O)(=O)[N-]c1ccccc1-c1ccccn1.[Pd+2].[c-]1cccc2ccc3cccnc3c12. The van der Waals surface area contributed by atoms with Crippen LogP contribution in [-0.2, 0) is 30.4 Å². The zero-order valence-corrected chi connectivity index (χ0v) is 23.1. The van der Waals surface area contributed by atoms with Crippen LogP contribution in [0.2, 0.25) is 0 Å². The van der Waals surface area contributed by atoms with Crippen LogP contribution in [0.1, 0.15) is 0 Å². The van der Waals surface area contributed by atoms with Gasteiger partial charge < -0.3 is 9.71 Å². The fraction of sp³-hybridized carbons (Fsp3) is 0. The molecule has 0 fully saturated rings. The van der Waals surface area contributed by atoms with E-state index >= 15 is 0 Å². The molecule has 0 atom stereocenters. The van der Waals surface area contributed by atoms with Gasteiger partial charge in [-0.1, -0.05) is 60.7 Å². The summed E-state index contributed by atoms with van der Waals surface area (Å²) in [7, 11) is -4.26. The van der Waals surface area contributed by atoms with Crippen LogP contribution in [0.3, 0.4) is 0 Å². The van der Waals surface area contributed by atoms with Crippen molar-refractivity contribution in [2.45, 2.75) is 4.90 Å². The molecule has 0 saturated heterocycles. The first-order valence-corrected chi connectivity index (χ1v) is 13.2. The topological polar surface area (TPSA) is 117 Å². The van der Waals surface area contributed by atoms with Crippen LogP contribution >= 0.6 is 0 Å².